The van der Waals surface area contributed by atoms with Crippen LogP contribution >= 0.6 is 34.5 Å². The van der Waals surface area contributed by atoms with Crippen LogP contribution in [0.15, 0.2) is 54.6 Å². The number of hydrogen-bond acceptors (Lipinski definition) is 4. The summed E-state index contributed by atoms with van der Waals surface area (Å²) in [6.45, 7) is 1.29. The van der Waals surface area contributed by atoms with Crippen molar-refractivity contribution in [2.45, 2.75) is 19.4 Å². The lowest BCUT2D eigenvalue weighted by Gasteiger charge is -2.07. The van der Waals surface area contributed by atoms with Gasteiger partial charge in [0.25, 0.3) is 0 Å². The van der Waals surface area contributed by atoms with Crippen LogP contribution in [-0.2, 0) is 19.4 Å². The molecule has 4 aromatic rings. The van der Waals surface area contributed by atoms with Gasteiger partial charge in [0.1, 0.15) is 17.4 Å². The highest BCUT2D eigenvalue weighted by Crippen LogP contribution is 2.40. The summed E-state index contributed by atoms with van der Waals surface area (Å²) < 4.78 is 33.1. The Morgan fingerprint density at radius 1 is 0.970 bits per heavy atom. The third-order valence-corrected chi connectivity index (χ3v) is 7.02. The van der Waals surface area contributed by atoms with Gasteiger partial charge in [-0.05, 0) is 47.0 Å². The van der Waals surface area contributed by atoms with Crippen LogP contribution in [0.3, 0.4) is 0 Å². The Kier molecular flexibility index (Phi) is 6.23. The number of fused-ring (bicyclic) bond motifs is 1. The van der Waals surface area contributed by atoms with Crippen molar-refractivity contribution < 1.29 is 13.5 Å². The maximum atomic E-state index is 13.8. The zero-order valence-electron chi connectivity index (χ0n) is 17.3. The molecule has 1 aromatic heterocycles. The fourth-order valence-electron chi connectivity index (χ4n) is 3.89. The standard InChI is InChI=1S/C25H18Cl2F2N2OS/c26-19-2-1-3-20(27)23(19)24-22(11-15-9-17(28)12-18(29)10-15)33-25(31-24)30-13-14-4-5-21-16(8-14)6-7-32-21/h1-5,8-10,12H,6-7,11,13H2,(H,30,31). The molecule has 5 rings (SSSR count). The molecule has 0 saturated carbocycles. The fourth-order valence-corrected chi connectivity index (χ4v) is 5.47. The molecule has 1 aliphatic heterocycles. The van der Waals surface area contributed by atoms with Gasteiger partial charge in [-0.15, -0.1) is 11.3 Å². The maximum Gasteiger partial charge on any atom is 0.183 e. The molecule has 0 fully saturated rings. The van der Waals surface area contributed by atoms with Crippen molar-refractivity contribution >= 4 is 39.7 Å². The second kappa shape index (κ2) is 9.29. The molecule has 0 atom stereocenters. The highest BCUT2D eigenvalue weighted by Gasteiger charge is 2.20. The fraction of sp³-hybridized carbons (Fsp3) is 0.160. The average molecular weight is 503 g/mol. The van der Waals surface area contributed by atoms with Crippen LogP contribution in [0.4, 0.5) is 13.9 Å². The first kappa shape index (κ1) is 22.1. The highest BCUT2D eigenvalue weighted by atomic mass is 35.5. The van der Waals surface area contributed by atoms with Gasteiger partial charge >= 0.3 is 0 Å². The topological polar surface area (TPSA) is 34.1 Å². The van der Waals surface area contributed by atoms with Gasteiger partial charge in [0.15, 0.2) is 5.13 Å². The number of nitrogens with zero attached hydrogens (tertiary/aromatic N) is 1. The van der Waals surface area contributed by atoms with Crippen LogP contribution in [0.1, 0.15) is 21.6 Å². The van der Waals surface area contributed by atoms with Gasteiger partial charge in [-0.3, -0.25) is 0 Å². The number of halogens is 4. The normalized spacial score (nSPS) is 12.5. The Balaban J connectivity index is 1.47. The van der Waals surface area contributed by atoms with Crippen molar-refractivity contribution in [2.75, 3.05) is 11.9 Å². The van der Waals surface area contributed by atoms with Crippen LogP contribution in [-0.4, -0.2) is 11.6 Å². The molecule has 3 nitrogen and oxygen atoms in total. The molecule has 0 radical (unpaired) electrons. The van der Waals surface area contributed by atoms with E-state index >= 15 is 0 Å². The molecule has 0 amide bonds. The van der Waals surface area contributed by atoms with Gasteiger partial charge in [0, 0.05) is 35.9 Å². The second-order valence-corrected chi connectivity index (χ2v) is 9.63. The number of benzene rings is 3. The van der Waals surface area contributed by atoms with E-state index in [9.17, 15) is 8.78 Å². The Labute approximate surface area is 204 Å². The van der Waals surface area contributed by atoms with E-state index in [2.05, 4.69) is 11.4 Å². The van der Waals surface area contributed by atoms with Crippen LogP contribution in [0.25, 0.3) is 11.3 Å². The first-order valence-electron chi connectivity index (χ1n) is 10.3. The van der Waals surface area contributed by atoms with Gasteiger partial charge in [-0.25, -0.2) is 13.8 Å². The smallest absolute Gasteiger partial charge is 0.183 e. The van der Waals surface area contributed by atoms with E-state index in [1.54, 1.807) is 18.2 Å². The molecule has 0 aliphatic carbocycles. The van der Waals surface area contributed by atoms with Crippen molar-refractivity contribution in [3.63, 3.8) is 0 Å². The van der Waals surface area contributed by atoms with Gasteiger partial charge in [-0.1, -0.05) is 41.4 Å². The predicted molar refractivity (Wildman–Crippen MR) is 130 cm³/mol. The molecular weight excluding hydrogens is 485 g/mol. The predicted octanol–water partition coefficient (Wildman–Crippen LogP) is 7.53. The summed E-state index contributed by atoms with van der Waals surface area (Å²) in [5.41, 5.74) is 4.02. The molecule has 168 valence electrons. The molecule has 1 aliphatic rings. The van der Waals surface area contributed by atoms with E-state index in [0.29, 0.717) is 51.6 Å². The minimum Gasteiger partial charge on any atom is -0.493 e. The molecule has 8 heteroatoms. The molecule has 1 N–H and O–H groups in total. The van der Waals surface area contributed by atoms with Gasteiger partial charge in [0.2, 0.25) is 0 Å². The number of rotatable bonds is 6. The first-order valence-corrected chi connectivity index (χ1v) is 11.9. The Hall–Kier alpha value is -2.67. The Bertz CT molecular complexity index is 1300. The highest BCUT2D eigenvalue weighted by molar-refractivity contribution is 7.16. The summed E-state index contributed by atoms with van der Waals surface area (Å²) in [5.74, 6) is -0.301. The first-order chi connectivity index (χ1) is 16.0. The SMILES string of the molecule is Fc1cc(F)cc(Cc2sc(NCc3ccc4c(c3)CCO4)nc2-c2c(Cl)cccc2Cl)c1. The summed E-state index contributed by atoms with van der Waals surface area (Å²) in [7, 11) is 0. The molecule has 0 saturated heterocycles. The minimum absolute atomic E-state index is 0.293. The molecule has 2 heterocycles. The largest absolute Gasteiger partial charge is 0.493 e. The van der Waals surface area contributed by atoms with Crippen LogP contribution in [0.2, 0.25) is 10.0 Å². The second-order valence-electron chi connectivity index (χ2n) is 7.74. The van der Waals surface area contributed by atoms with Crippen molar-refractivity contribution in [1.29, 1.82) is 0 Å². The van der Waals surface area contributed by atoms with Crippen molar-refractivity contribution in [2.24, 2.45) is 0 Å². The quantitative estimate of drug-likeness (QED) is 0.295. The van der Waals surface area contributed by atoms with E-state index < -0.39 is 11.6 Å². The summed E-state index contributed by atoms with van der Waals surface area (Å²) in [4.78, 5) is 5.56. The van der Waals surface area contributed by atoms with Gasteiger partial charge in [-0.2, -0.15) is 0 Å². The Morgan fingerprint density at radius 2 is 1.73 bits per heavy atom. The average Bonchev–Trinajstić information content (AvgIpc) is 3.38. The van der Waals surface area contributed by atoms with E-state index in [1.165, 1.54) is 29.0 Å². The van der Waals surface area contributed by atoms with E-state index in [-0.39, 0.29) is 0 Å². The lowest BCUT2D eigenvalue weighted by Crippen LogP contribution is -1.99. The van der Waals surface area contributed by atoms with Crippen LogP contribution in [0, 0.1) is 11.6 Å². The van der Waals surface area contributed by atoms with Crippen molar-refractivity contribution in [1.82, 2.24) is 4.98 Å². The monoisotopic (exact) mass is 502 g/mol. The summed E-state index contributed by atoms with van der Waals surface area (Å²) in [6, 6.07) is 14.9. The molecular formula is C25H18Cl2F2N2OS. The molecule has 0 bridgehead atoms. The maximum absolute atomic E-state index is 13.8. The van der Waals surface area contributed by atoms with Crippen LogP contribution in [0.5, 0.6) is 5.75 Å². The van der Waals surface area contributed by atoms with E-state index in [0.717, 1.165) is 28.7 Å². The number of hydrogen-bond donors (Lipinski definition) is 1. The lowest BCUT2D eigenvalue weighted by atomic mass is 10.1. The summed E-state index contributed by atoms with van der Waals surface area (Å²) in [6.07, 6.45) is 1.20. The third-order valence-electron chi connectivity index (χ3n) is 5.38. The molecule has 3 aromatic carbocycles. The van der Waals surface area contributed by atoms with Crippen molar-refractivity contribution in [3.8, 4) is 17.0 Å². The number of nitrogens with one attached hydrogen (secondary N) is 1. The molecule has 33 heavy (non-hydrogen) atoms. The number of ether oxygens (including phenoxy) is 1. The lowest BCUT2D eigenvalue weighted by molar-refractivity contribution is 0.357. The minimum atomic E-state index is -0.620. The van der Waals surface area contributed by atoms with Crippen LogP contribution < -0.4 is 10.1 Å². The summed E-state index contributed by atoms with van der Waals surface area (Å²) in [5, 5.41) is 4.96. The van der Waals surface area contributed by atoms with Gasteiger partial charge < -0.3 is 10.1 Å². The third kappa shape index (κ3) is 4.83. The number of anilines is 1. The van der Waals surface area contributed by atoms with Crippen molar-refractivity contribution in [3.05, 3.63) is 97.8 Å². The number of thiazole rings is 1. The van der Waals surface area contributed by atoms with E-state index in [4.69, 9.17) is 32.9 Å². The van der Waals surface area contributed by atoms with E-state index in [1.807, 2.05) is 12.1 Å². The molecule has 0 unspecified atom stereocenters. The zero-order valence-corrected chi connectivity index (χ0v) is 19.6. The summed E-state index contributed by atoms with van der Waals surface area (Å²) >= 11 is 14.3. The Morgan fingerprint density at radius 3 is 2.48 bits per heavy atom. The van der Waals surface area contributed by atoms with Gasteiger partial charge in [0.05, 0.1) is 22.3 Å². The zero-order chi connectivity index (χ0) is 22.9. The molecule has 0 spiro atoms. The number of aromatic nitrogens is 1.